The molecule has 0 fully saturated rings. The Bertz CT molecular complexity index is 742. The zero-order valence-corrected chi connectivity index (χ0v) is 19.6. The Morgan fingerprint density at radius 2 is 1.90 bits per heavy atom. The minimum atomic E-state index is -1.01. The highest BCUT2D eigenvalue weighted by atomic mass is 127. The molecule has 2 rings (SSSR count). The van der Waals surface area contributed by atoms with E-state index in [0.717, 1.165) is 11.1 Å². The number of nitrogens with one attached hydrogen (secondary N) is 2. The number of methoxy groups -OCH3 is 1. The lowest BCUT2D eigenvalue weighted by molar-refractivity contribution is 0.0617. The summed E-state index contributed by atoms with van der Waals surface area (Å²) >= 11 is 0. The van der Waals surface area contributed by atoms with Gasteiger partial charge in [-0.25, -0.2) is 9.98 Å². The number of ether oxygens (including phenoxy) is 2. The minimum absolute atomic E-state index is 0. The van der Waals surface area contributed by atoms with Crippen molar-refractivity contribution in [1.29, 1.82) is 0 Å². The number of hydrogen-bond acceptors (Lipinski definition) is 5. The number of benzene rings is 1. The molecule has 0 aliphatic rings. The third-order valence-corrected chi connectivity index (χ3v) is 4.12. The molecule has 7 nitrogen and oxygen atoms in total. The fourth-order valence-electron chi connectivity index (χ4n) is 2.56. The molecular formula is C21H31IN4O3. The summed E-state index contributed by atoms with van der Waals surface area (Å²) in [7, 11) is 1.63. The smallest absolute Gasteiger partial charge is 0.218 e. The van der Waals surface area contributed by atoms with Crippen molar-refractivity contribution >= 4 is 29.9 Å². The van der Waals surface area contributed by atoms with E-state index in [9.17, 15) is 5.11 Å². The predicted molar refractivity (Wildman–Crippen MR) is 126 cm³/mol. The second kappa shape index (κ2) is 13.3. The van der Waals surface area contributed by atoms with Gasteiger partial charge >= 0.3 is 0 Å². The lowest BCUT2D eigenvalue weighted by atomic mass is 9.96. The number of aliphatic imine (C=N–C) groups is 1. The summed E-state index contributed by atoms with van der Waals surface area (Å²) in [5.74, 6) is 1.17. The predicted octanol–water partition coefficient (Wildman–Crippen LogP) is 2.69. The van der Waals surface area contributed by atoms with Crippen LogP contribution in [0.1, 0.15) is 25.0 Å². The van der Waals surface area contributed by atoms with Gasteiger partial charge in [0, 0.05) is 25.4 Å². The van der Waals surface area contributed by atoms with E-state index >= 15 is 0 Å². The van der Waals surface area contributed by atoms with Crippen molar-refractivity contribution in [2.75, 3.05) is 33.4 Å². The highest BCUT2D eigenvalue weighted by molar-refractivity contribution is 14.0. The first kappa shape index (κ1) is 25.1. The van der Waals surface area contributed by atoms with Crippen LogP contribution in [0.4, 0.5) is 0 Å². The van der Waals surface area contributed by atoms with E-state index in [1.165, 1.54) is 0 Å². The summed E-state index contributed by atoms with van der Waals surface area (Å²) in [5.41, 5.74) is 0.713. The maximum atomic E-state index is 10.8. The Morgan fingerprint density at radius 3 is 2.59 bits per heavy atom. The summed E-state index contributed by atoms with van der Waals surface area (Å²) in [5, 5.41) is 17.2. The van der Waals surface area contributed by atoms with Gasteiger partial charge in [0.15, 0.2) is 5.96 Å². The van der Waals surface area contributed by atoms with Gasteiger partial charge < -0.3 is 25.2 Å². The van der Waals surface area contributed by atoms with Crippen molar-refractivity contribution in [3.63, 3.8) is 0 Å². The lowest BCUT2D eigenvalue weighted by Gasteiger charge is -2.25. The van der Waals surface area contributed by atoms with Crippen LogP contribution < -0.4 is 15.4 Å². The van der Waals surface area contributed by atoms with Gasteiger partial charge in [-0.1, -0.05) is 36.4 Å². The molecule has 3 N–H and O–H groups in total. The number of pyridine rings is 1. The first-order chi connectivity index (χ1) is 13.6. The second-order valence-corrected chi connectivity index (χ2v) is 6.50. The molecule has 29 heavy (non-hydrogen) atoms. The largest absolute Gasteiger partial charge is 0.475 e. The molecule has 1 aromatic carbocycles. The molecular weight excluding hydrogens is 483 g/mol. The molecule has 1 unspecified atom stereocenters. The quantitative estimate of drug-likeness (QED) is 0.196. The molecule has 0 spiro atoms. The van der Waals surface area contributed by atoms with Crippen LogP contribution in [0.3, 0.4) is 0 Å². The Balaban J connectivity index is 0.00000420. The number of nitrogens with zero attached hydrogens (tertiary/aromatic N) is 2. The van der Waals surface area contributed by atoms with Crippen molar-refractivity contribution in [1.82, 2.24) is 15.6 Å². The Kier molecular flexibility index (Phi) is 11.6. The van der Waals surface area contributed by atoms with Gasteiger partial charge in [-0.05, 0) is 25.5 Å². The van der Waals surface area contributed by atoms with Crippen LogP contribution in [0.15, 0.2) is 53.7 Å². The van der Waals surface area contributed by atoms with Crippen LogP contribution >= 0.6 is 24.0 Å². The van der Waals surface area contributed by atoms with Crippen molar-refractivity contribution in [3.05, 3.63) is 59.8 Å². The molecule has 0 aliphatic carbocycles. The molecule has 0 radical (unpaired) electrons. The number of aliphatic hydroxyl groups is 1. The Morgan fingerprint density at radius 1 is 1.14 bits per heavy atom. The molecule has 160 valence electrons. The van der Waals surface area contributed by atoms with E-state index in [1.807, 2.05) is 49.4 Å². The molecule has 0 bridgehead atoms. The third-order valence-electron chi connectivity index (χ3n) is 4.12. The lowest BCUT2D eigenvalue weighted by Crippen LogP contribution is -2.44. The fraction of sp³-hybridized carbons (Fsp3) is 0.429. The van der Waals surface area contributed by atoms with Gasteiger partial charge in [0.05, 0.1) is 19.7 Å². The summed E-state index contributed by atoms with van der Waals surface area (Å²) in [6, 6.07) is 13.4. The molecule has 1 heterocycles. The van der Waals surface area contributed by atoms with Crippen molar-refractivity contribution < 1.29 is 14.6 Å². The minimum Gasteiger partial charge on any atom is -0.475 e. The second-order valence-electron chi connectivity index (χ2n) is 6.50. The highest BCUT2D eigenvalue weighted by Crippen LogP contribution is 2.19. The van der Waals surface area contributed by atoms with Crippen LogP contribution in [-0.4, -0.2) is 49.5 Å². The van der Waals surface area contributed by atoms with E-state index in [2.05, 4.69) is 20.6 Å². The van der Waals surface area contributed by atoms with Crippen molar-refractivity contribution in [2.45, 2.75) is 26.0 Å². The number of hydrogen-bond donors (Lipinski definition) is 3. The van der Waals surface area contributed by atoms with E-state index in [4.69, 9.17) is 9.47 Å². The van der Waals surface area contributed by atoms with Crippen LogP contribution in [0.25, 0.3) is 0 Å². The van der Waals surface area contributed by atoms with Crippen LogP contribution in [0.2, 0.25) is 0 Å². The first-order valence-corrected chi connectivity index (χ1v) is 9.42. The zero-order valence-electron chi connectivity index (χ0n) is 17.2. The van der Waals surface area contributed by atoms with E-state index in [0.29, 0.717) is 44.7 Å². The molecule has 0 amide bonds. The Hall–Kier alpha value is -1.91. The molecule has 2 aromatic rings. The molecule has 0 saturated heterocycles. The molecule has 0 aliphatic heterocycles. The van der Waals surface area contributed by atoms with Gasteiger partial charge in [0.25, 0.3) is 0 Å². The van der Waals surface area contributed by atoms with Gasteiger partial charge in [0.2, 0.25) is 5.88 Å². The summed E-state index contributed by atoms with van der Waals surface area (Å²) in [6.07, 6.45) is 1.69. The van der Waals surface area contributed by atoms with E-state index in [-0.39, 0.29) is 24.0 Å². The van der Waals surface area contributed by atoms with Crippen LogP contribution in [-0.2, 0) is 16.9 Å². The maximum absolute atomic E-state index is 10.8. The number of guanidine groups is 1. The molecule has 8 heteroatoms. The number of aromatic nitrogens is 1. The van der Waals surface area contributed by atoms with Crippen molar-refractivity contribution in [2.24, 2.45) is 4.99 Å². The average molecular weight is 514 g/mol. The van der Waals surface area contributed by atoms with Gasteiger partial charge in [0.1, 0.15) is 12.2 Å². The van der Waals surface area contributed by atoms with Gasteiger partial charge in [-0.15, -0.1) is 24.0 Å². The topological polar surface area (TPSA) is 88.0 Å². The summed E-state index contributed by atoms with van der Waals surface area (Å²) in [4.78, 5) is 8.87. The highest BCUT2D eigenvalue weighted by Gasteiger charge is 2.23. The summed E-state index contributed by atoms with van der Waals surface area (Å²) in [6.45, 7) is 6.15. The van der Waals surface area contributed by atoms with Crippen LogP contribution in [0.5, 0.6) is 5.88 Å². The van der Waals surface area contributed by atoms with Crippen molar-refractivity contribution in [3.8, 4) is 5.88 Å². The van der Waals surface area contributed by atoms with E-state index < -0.39 is 5.60 Å². The standard InChI is InChI=1S/C21H30N4O3.HI/c1-4-22-20(25-16-21(2,26)18-10-6-5-7-11-18)24-15-17-9-8-12-23-19(17)28-14-13-27-3;/h5-12,26H,4,13-16H2,1-3H3,(H2,22,24,25);1H. The van der Waals surface area contributed by atoms with Gasteiger partial charge in [-0.2, -0.15) is 0 Å². The van der Waals surface area contributed by atoms with Crippen LogP contribution in [0, 0.1) is 0 Å². The van der Waals surface area contributed by atoms with Gasteiger partial charge in [-0.3, -0.25) is 0 Å². The molecule has 0 saturated carbocycles. The third kappa shape index (κ3) is 8.55. The molecule has 1 aromatic heterocycles. The number of halogens is 1. The monoisotopic (exact) mass is 514 g/mol. The SMILES string of the molecule is CCNC(=NCc1cccnc1OCCOC)NCC(C)(O)c1ccccc1.I. The first-order valence-electron chi connectivity index (χ1n) is 9.42. The Labute approximate surface area is 190 Å². The number of rotatable bonds is 10. The maximum Gasteiger partial charge on any atom is 0.218 e. The fourth-order valence-corrected chi connectivity index (χ4v) is 2.56. The normalized spacial score (nSPS) is 13.2. The van der Waals surface area contributed by atoms with E-state index in [1.54, 1.807) is 20.2 Å². The zero-order chi connectivity index (χ0) is 20.2. The average Bonchev–Trinajstić information content (AvgIpc) is 2.72. The molecule has 1 atom stereocenters. The summed E-state index contributed by atoms with van der Waals surface area (Å²) < 4.78 is 10.7.